The summed E-state index contributed by atoms with van der Waals surface area (Å²) in [5, 5.41) is 2.98. The van der Waals surface area contributed by atoms with Gasteiger partial charge in [0, 0.05) is 38.7 Å². The van der Waals surface area contributed by atoms with E-state index in [4.69, 9.17) is 24.4 Å². The molecule has 0 N–H and O–H groups in total. The first kappa shape index (κ1) is 31.8. The van der Waals surface area contributed by atoms with Crippen molar-refractivity contribution < 1.29 is 4.42 Å². The Balaban J connectivity index is 1.15. The van der Waals surface area contributed by atoms with Crippen LogP contribution in [0.2, 0.25) is 0 Å². The van der Waals surface area contributed by atoms with Crippen molar-refractivity contribution in [3.8, 4) is 62.2 Å². The Hall–Kier alpha value is -7.70. The summed E-state index contributed by atoms with van der Waals surface area (Å²) in [4.78, 5) is 20.5. The van der Waals surface area contributed by atoms with Gasteiger partial charge in [-0.2, -0.15) is 0 Å². The van der Waals surface area contributed by atoms with Crippen LogP contribution in [0.25, 0.3) is 106 Å². The second-order valence-corrected chi connectivity index (χ2v) is 13.8. The number of aromatic nitrogens is 5. The van der Waals surface area contributed by atoms with E-state index >= 15 is 0 Å². The highest BCUT2D eigenvalue weighted by atomic mass is 16.3. The second kappa shape index (κ2) is 13.0. The lowest BCUT2D eigenvalue weighted by molar-refractivity contribution is 0.676. The molecule has 0 fully saturated rings. The van der Waals surface area contributed by atoms with Crippen LogP contribution in [0.1, 0.15) is 0 Å². The van der Waals surface area contributed by atoms with E-state index in [9.17, 15) is 0 Å². The van der Waals surface area contributed by atoms with Gasteiger partial charge in [0.1, 0.15) is 11.1 Å². The molecular weight excluding hydrogens is 687 g/mol. The molecule has 11 rings (SSSR count). The van der Waals surface area contributed by atoms with Crippen molar-refractivity contribution in [1.82, 2.24) is 24.5 Å². The summed E-state index contributed by atoms with van der Waals surface area (Å²) >= 11 is 0. The summed E-state index contributed by atoms with van der Waals surface area (Å²) in [5.41, 5.74) is 12.3. The molecule has 4 aromatic heterocycles. The number of rotatable bonds is 6. The highest BCUT2D eigenvalue weighted by Gasteiger charge is 2.25. The molecule has 0 amide bonds. The highest BCUT2D eigenvalue weighted by molar-refractivity contribution is 6.24. The second-order valence-electron chi connectivity index (χ2n) is 13.8. The summed E-state index contributed by atoms with van der Waals surface area (Å²) in [6.45, 7) is 0. The minimum atomic E-state index is 0.586. The lowest BCUT2D eigenvalue weighted by Crippen LogP contribution is -2.01. The molecule has 0 spiro atoms. The van der Waals surface area contributed by atoms with Gasteiger partial charge in [-0.3, -0.25) is 0 Å². The highest BCUT2D eigenvalue weighted by Crippen LogP contribution is 2.44. The Labute approximate surface area is 322 Å². The van der Waals surface area contributed by atoms with Crippen molar-refractivity contribution in [2.24, 2.45) is 0 Å². The first-order valence-electron chi connectivity index (χ1n) is 18.6. The summed E-state index contributed by atoms with van der Waals surface area (Å²) in [6, 6.07) is 64.3. The third-order valence-corrected chi connectivity index (χ3v) is 10.4. The maximum absolute atomic E-state index is 6.94. The van der Waals surface area contributed by atoms with Gasteiger partial charge in [0.15, 0.2) is 23.1 Å². The zero-order valence-electron chi connectivity index (χ0n) is 30.0. The van der Waals surface area contributed by atoms with Crippen LogP contribution in [0.4, 0.5) is 0 Å². The molecule has 0 saturated heterocycles. The van der Waals surface area contributed by atoms with Crippen LogP contribution in [-0.4, -0.2) is 24.5 Å². The van der Waals surface area contributed by atoms with Gasteiger partial charge in [0.05, 0.1) is 22.1 Å². The molecule has 0 radical (unpaired) electrons. The predicted octanol–water partition coefficient (Wildman–Crippen LogP) is 12.6. The minimum absolute atomic E-state index is 0.586. The fourth-order valence-electron chi connectivity index (χ4n) is 7.82. The molecule has 6 nitrogen and oxygen atoms in total. The fourth-order valence-corrected chi connectivity index (χ4v) is 7.82. The average molecular weight is 718 g/mol. The lowest BCUT2D eigenvalue weighted by Gasteiger charge is -2.12. The van der Waals surface area contributed by atoms with E-state index in [0.717, 1.165) is 88.6 Å². The monoisotopic (exact) mass is 717 g/mol. The van der Waals surface area contributed by atoms with Gasteiger partial charge in [-0.15, -0.1) is 0 Å². The number of nitrogens with zero attached hydrogens (tertiary/aromatic N) is 5. The number of para-hydroxylation sites is 2. The first-order valence-corrected chi connectivity index (χ1v) is 18.6. The zero-order chi connectivity index (χ0) is 37.0. The molecular formula is C50H31N5O. The van der Waals surface area contributed by atoms with Gasteiger partial charge >= 0.3 is 0 Å². The SMILES string of the molecule is c1ccc(-c2cccc(-c3nc(-c4ccccc4)nc(-c4cccc(-n5c6ccccc6c6oc7c8ccccc8nc(-c8ccccc8)c7c65)c4)n3)c2)cc1. The van der Waals surface area contributed by atoms with E-state index < -0.39 is 0 Å². The van der Waals surface area contributed by atoms with Gasteiger partial charge in [-0.1, -0.05) is 146 Å². The van der Waals surface area contributed by atoms with Crippen molar-refractivity contribution in [3.63, 3.8) is 0 Å². The molecule has 262 valence electrons. The molecule has 0 aliphatic carbocycles. The standard InChI is InChI=1S/C50H31N5O/c1-4-16-32(17-5-1)35-22-14-23-36(30-35)49-52-48(34-20-8-3-9-21-34)53-50(54-49)37-24-15-25-38(31-37)55-42-29-13-11-27-40(42)47-45(55)43-44(33-18-6-2-7-19-33)51-41-28-12-10-26-39(41)46(43)56-47/h1-31H. The van der Waals surface area contributed by atoms with Gasteiger partial charge < -0.3 is 8.98 Å². The molecule has 0 atom stereocenters. The summed E-state index contributed by atoms with van der Waals surface area (Å²) < 4.78 is 9.23. The van der Waals surface area contributed by atoms with E-state index in [-0.39, 0.29) is 0 Å². The maximum Gasteiger partial charge on any atom is 0.164 e. The van der Waals surface area contributed by atoms with Crippen molar-refractivity contribution in [3.05, 3.63) is 188 Å². The Morgan fingerprint density at radius 2 is 0.911 bits per heavy atom. The summed E-state index contributed by atoms with van der Waals surface area (Å²) in [6.07, 6.45) is 0. The number of benzene rings is 7. The summed E-state index contributed by atoms with van der Waals surface area (Å²) in [5.74, 6) is 1.81. The third kappa shape index (κ3) is 5.27. The van der Waals surface area contributed by atoms with E-state index in [2.05, 4.69) is 138 Å². The zero-order valence-corrected chi connectivity index (χ0v) is 30.0. The van der Waals surface area contributed by atoms with E-state index in [0.29, 0.717) is 17.5 Å². The number of fused-ring (bicyclic) bond motifs is 7. The van der Waals surface area contributed by atoms with Gasteiger partial charge in [0.25, 0.3) is 0 Å². The van der Waals surface area contributed by atoms with Crippen LogP contribution in [-0.2, 0) is 0 Å². The lowest BCUT2D eigenvalue weighted by atomic mass is 10.0. The molecule has 11 aromatic rings. The minimum Gasteiger partial charge on any atom is -0.453 e. The average Bonchev–Trinajstić information content (AvgIpc) is 3.82. The smallest absolute Gasteiger partial charge is 0.164 e. The quantitative estimate of drug-likeness (QED) is 0.171. The molecule has 7 aromatic carbocycles. The largest absolute Gasteiger partial charge is 0.453 e. The Kier molecular flexibility index (Phi) is 7.38. The molecule has 0 saturated carbocycles. The van der Waals surface area contributed by atoms with Crippen LogP contribution in [0.15, 0.2) is 192 Å². The van der Waals surface area contributed by atoms with E-state index in [1.165, 1.54) is 0 Å². The Morgan fingerprint density at radius 1 is 0.375 bits per heavy atom. The topological polar surface area (TPSA) is 69.6 Å². The summed E-state index contributed by atoms with van der Waals surface area (Å²) in [7, 11) is 0. The normalized spacial score (nSPS) is 11.6. The molecule has 4 heterocycles. The first-order chi connectivity index (χ1) is 27.8. The van der Waals surface area contributed by atoms with Gasteiger partial charge in [-0.25, -0.2) is 19.9 Å². The molecule has 56 heavy (non-hydrogen) atoms. The Morgan fingerprint density at radius 3 is 1.64 bits per heavy atom. The van der Waals surface area contributed by atoms with Crippen LogP contribution in [0, 0.1) is 0 Å². The van der Waals surface area contributed by atoms with E-state index in [1.54, 1.807) is 0 Å². The number of hydrogen-bond donors (Lipinski definition) is 0. The van der Waals surface area contributed by atoms with E-state index in [1.807, 2.05) is 54.6 Å². The predicted molar refractivity (Wildman–Crippen MR) is 226 cm³/mol. The van der Waals surface area contributed by atoms with Crippen molar-refractivity contribution in [2.75, 3.05) is 0 Å². The van der Waals surface area contributed by atoms with Crippen LogP contribution in [0.5, 0.6) is 0 Å². The number of furan rings is 1. The van der Waals surface area contributed by atoms with Crippen LogP contribution in [0.3, 0.4) is 0 Å². The van der Waals surface area contributed by atoms with Crippen LogP contribution >= 0.6 is 0 Å². The molecule has 0 bridgehead atoms. The molecule has 0 aliphatic heterocycles. The van der Waals surface area contributed by atoms with Gasteiger partial charge in [-0.05, 0) is 53.6 Å². The molecule has 6 heteroatoms. The van der Waals surface area contributed by atoms with Crippen molar-refractivity contribution >= 4 is 43.9 Å². The molecule has 0 aliphatic rings. The maximum atomic E-state index is 6.94. The number of hydrogen-bond acceptors (Lipinski definition) is 5. The number of pyridine rings is 1. The van der Waals surface area contributed by atoms with Gasteiger partial charge in [0.2, 0.25) is 0 Å². The fraction of sp³-hybridized carbons (Fsp3) is 0. The van der Waals surface area contributed by atoms with Crippen molar-refractivity contribution in [1.29, 1.82) is 0 Å². The van der Waals surface area contributed by atoms with Crippen molar-refractivity contribution in [2.45, 2.75) is 0 Å². The van der Waals surface area contributed by atoms with Crippen LogP contribution < -0.4 is 0 Å². The third-order valence-electron chi connectivity index (χ3n) is 10.4. The molecule has 0 unspecified atom stereocenters. The Bertz CT molecular complexity index is 3240.